The van der Waals surface area contributed by atoms with Crippen molar-refractivity contribution in [3.63, 3.8) is 0 Å². The molecule has 0 fully saturated rings. The number of aliphatic hydroxyl groups is 1. The van der Waals surface area contributed by atoms with E-state index < -0.39 is 12.1 Å². The monoisotopic (exact) mass is 361 g/mol. The van der Waals surface area contributed by atoms with Gasteiger partial charge in [0.05, 0.1) is 19.8 Å². The van der Waals surface area contributed by atoms with Gasteiger partial charge in [-0.3, -0.25) is 4.79 Å². The van der Waals surface area contributed by atoms with Gasteiger partial charge in [0, 0.05) is 18.7 Å². The van der Waals surface area contributed by atoms with E-state index in [1.54, 1.807) is 19.2 Å². The van der Waals surface area contributed by atoms with Gasteiger partial charge in [0.1, 0.15) is 0 Å². The molecule has 0 spiro atoms. The number of rotatable bonds is 8. The molecule has 6 heteroatoms. The number of nitrogen functional groups attached to an aromatic ring is 1. The van der Waals surface area contributed by atoms with Crippen molar-refractivity contribution in [2.24, 2.45) is 0 Å². The van der Waals surface area contributed by atoms with E-state index >= 15 is 0 Å². The van der Waals surface area contributed by atoms with E-state index in [4.69, 9.17) is 25.1 Å². The van der Waals surface area contributed by atoms with E-state index in [-0.39, 0.29) is 0 Å². The summed E-state index contributed by atoms with van der Waals surface area (Å²) in [5.41, 5.74) is 7.31. The first kappa shape index (κ1) is 21.3. The highest BCUT2D eigenvalue weighted by Crippen LogP contribution is 2.29. The molecule has 0 aliphatic rings. The minimum absolute atomic E-state index is 0.410. The van der Waals surface area contributed by atoms with Crippen LogP contribution in [-0.2, 0) is 4.79 Å². The molecule has 0 aliphatic heterocycles. The van der Waals surface area contributed by atoms with Gasteiger partial charge in [-0.05, 0) is 37.0 Å². The van der Waals surface area contributed by atoms with Gasteiger partial charge >= 0.3 is 0 Å². The van der Waals surface area contributed by atoms with Crippen LogP contribution in [0.2, 0.25) is 0 Å². The number of aliphatic hydroxyl groups excluding tert-OH is 1. The Balaban J connectivity index is 0.000000765. The summed E-state index contributed by atoms with van der Waals surface area (Å²) in [7, 11) is 1.60. The third-order valence-electron chi connectivity index (χ3n) is 3.50. The lowest BCUT2D eigenvalue weighted by Crippen LogP contribution is -2.02. The Bertz CT molecular complexity index is 657. The lowest BCUT2D eigenvalue weighted by atomic mass is 10.0. The van der Waals surface area contributed by atoms with E-state index in [2.05, 4.69) is 0 Å². The number of benzene rings is 2. The molecule has 0 bridgehead atoms. The molecule has 26 heavy (non-hydrogen) atoms. The number of carboxylic acid groups (broad SMARTS) is 1. The highest BCUT2D eigenvalue weighted by atomic mass is 16.5. The van der Waals surface area contributed by atoms with E-state index in [0.29, 0.717) is 23.8 Å². The maximum Gasteiger partial charge on any atom is 0.300 e. The second kappa shape index (κ2) is 11.8. The number of aliphatic carboxylic acids is 1. The number of nitrogens with two attached hydrogens (primary N) is 1. The maximum atomic E-state index is 10.1. The Hall–Kier alpha value is -2.73. The number of methoxy groups -OCH3 is 1. The molecule has 4 N–H and O–H groups in total. The first-order valence-corrected chi connectivity index (χ1v) is 8.43. The predicted octanol–water partition coefficient (Wildman–Crippen LogP) is 3.65. The Morgan fingerprint density at radius 1 is 1.12 bits per heavy atom. The maximum absolute atomic E-state index is 10.1. The van der Waals surface area contributed by atoms with Gasteiger partial charge in [0.25, 0.3) is 5.97 Å². The normalized spacial score (nSPS) is 11.0. The van der Waals surface area contributed by atoms with Gasteiger partial charge in [0.15, 0.2) is 11.5 Å². The molecular formula is C20H27NO5. The molecule has 1 unspecified atom stereocenters. The fourth-order valence-corrected chi connectivity index (χ4v) is 2.27. The van der Waals surface area contributed by atoms with Crippen LogP contribution in [0.3, 0.4) is 0 Å². The van der Waals surface area contributed by atoms with Gasteiger partial charge in [0.2, 0.25) is 0 Å². The second-order valence-electron chi connectivity index (χ2n) is 5.70. The molecule has 0 heterocycles. The lowest BCUT2D eigenvalue weighted by molar-refractivity contribution is -0.134. The molecule has 0 aliphatic carbocycles. The number of ether oxygens (including phenoxy) is 2. The molecule has 0 saturated carbocycles. The zero-order valence-corrected chi connectivity index (χ0v) is 15.2. The SMILES string of the molecule is CC(=O)O.COc1cc(N)ccc1OCCCCC(O)c1ccccc1. The van der Waals surface area contributed by atoms with Crippen molar-refractivity contribution in [2.45, 2.75) is 32.3 Å². The van der Waals surface area contributed by atoms with Crippen LogP contribution < -0.4 is 15.2 Å². The van der Waals surface area contributed by atoms with Crippen LogP contribution >= 0.6 is 0 Å². The number of unbranched alkanes of at least 4 members (excludes halogenated alkanes) is 1. The number of hydrogen-bond donors (Lipinski definition) is 3. The van der Waals surface area contributed by atoms with Crippen molar-refractivity contribution < 1.29 is 24.5 Å². The largest absolute Gasteiger partial charge is 0.493 e. The quantitative estimate of drug-likeness (QED) is 0.490. The third kappa shape index (κ3) is 8.39. The summed E-state index contributed by atoms with van der Waals surface area (Å²) >= 11 is 0. The van der Waals surface area contributed by atoms with Crippen LogP contribution in [0, 0.1) is 0 Å². The van der Waals surface area contributed by atoms with Crippen LogP contribution in [0.4, 0.5) is 5.69 Å². The zero-order valence-electron chi connectivity index (χ0n) is 15.2. The average molecular weight is 361 g/mol. The summed E-state index contributed by atoms with van der Waals surface area (Å²) < 4.78 is 10.9. The van der Waals surface area contributed by atoms with E-state index in [0.717, 1.165) is 31.7 Å². The highest BCUT2D eigenvalue weighted by molar-refractivity contribution is 5.63. The first-order valence-electron chi connectivity index (χ1n) is 8.43. The standard InChI is InChI=1S/C18H23NO3.C2H4O2/c1-21-18-13-15(19)10-11-17(18)22-12-6-5-9-16(20)14-7-3-2-4-8-14;1-2(3)4/h2-4,7-8,10-11,13,16,20H,5-6,9,12,19H2,1H3;1H3,(H,3,4). The van der Waals surface area contributed by atoms with Gasteiger partial charge in [-0.25, -0.2) is 0 Å². The first-order chi connectivity index (χ1) is 12.4. The van der Waals surface area contributed by atoms with Crippen molar-refractivity contribution in [1.82, 2.24) is 0 Å². The van der Waals surface area contributed by atoms with Crippen molar-refractivity contribution in [2.75, 3.05) is 19.5 Å². The third-order valence-corrected chi connectivity index (χ3v) is 3.50. The molecule has 0 saturated heterocycles. The minimum atomic E-state index is -0.833. The molecule has 2 rings (SSSR count). The van der Waals surface area contributed by atoms with Crippen LogP contribution in [0.1, 0.15) is 37.9 Å². The van der Waals surface area contributed by atoms with Gasteiger partial charge in [-0.2, -0.15) is 0 Å². The summed E-state index contributed by atoms with van der Waals surface area (Å²) in [6.07, 6.45) is 2.09. The van der Waals surface area contributed by atoms with Crippen molar-refractivity contribution in [3.05, 3.63) is 54.1 Å². The van der Waals surface area contributed by atoms with Crippen LogP contribution in [0.15, 0.2) is 48.5 Å². The number of anilines is 1. The summed E-state index contributed by atoms with van der Waals surface area (Å²) in [4.78, 5) is 9.00. The number of carbonyl (C=O) groups is 1. The van der Waals surface area contributed by atoms with Crippen molar-refractivity contribution >= 4 is 11.7 Å². The van der Waals surface area contributed by atoms with Gasteiger partial charge < -0.3 is 25.4 Å². The van der Waals surface area contributed by atoms with E-state index in [1.165, 1.54) is 0 Å². The molecule has 2 aromatic rings. The van der Waals surface area contributed by atoms with Gasteiger partial charge in [-0.1, -0.05) is 30.3 Å². The van der Waals surface area contributed by atoms with Crippen molar-refractivity contribution in [3.8, 4) is 11.5 Å². The highest BCUT2D eigenvalue weighted by Gasteiger charge is 2.07. The Morgan fingerprint density at radius 3 is 2.38 bits per heavy atom. The Labute approximate surface area is 154 Å². The fraction of sp³-hybridized carbons (Fsp3) is 0.350. The second-order valence-corrected chi connectivity index (χ2v) is 5.70. The summed E-state index contributed by atoms with van der Waals surface area (Å²) in [6, 6.07) is 15.1. The van der Waals surface area contributed by atoms with Gasteiger partial charge in [-0.15, -0.1) is 0 Å². The molecule has 2 aromatic carbocycles. The fourth-order valence-electron chi connectivity index (χ4n) is 2.27. The van der Waals surface area contributed by atoms with E-state index in [1.807, 2.05) is 36.4 Å². The van der Waals surface area contributed by atoms with Crippen LogP contribution in [-0.4, -0.2) is 29.9 Å². The molecule has 142 valence electrons. The lowest BCUT2D eigenvalue weighted by Gasteiger charge is -2.12. The van der Waals surface area contributed by atoms with Crippen molar-refractivity contribution in [1.29, 1.82) is 0 Å². The summed E-state index contributed by atoms with van der Waals surface area (Å²) in [6.45, 7) is 1.67. The number of carboxylic acids is 1. The average Bonchev–Trinajstić information content (AvgIpc) is 2.62. The number of hydrogen-bond acceptors (Lipinski definition) is 5. The topological polar surface area (TPSA) is 102 Å². The Kier molecular flexibility index (Phi) is 9.64. The molecule has 0 aromatic heterocycles. The predicted molar refractivity (Wildman–Crippen MR) is 101 cm³/mol. The molecule has 1 atom stereocenters. The van der Waals surface area contributed by atoms with E-state index in [9.17, 15) is 5.11 Å². The summed E-state index contributed by atoms with van der Waals surface area (Å²) in [5.74, 6) is 0.504. The summed E-state index contributed by atoms with van der Waals surface area (Å²) in [5, 5.41) is 17.5. The molecule has 6 nitrogen and oxygen atoms in total. The smallest absolute Gasteiger partial charge is 0.300 e. The zero-order chi connectivity index (χ0) is 19.4. The van der Waals surface area contributed by atoms with Crippen LogP contribution in [0.5, 0.6) is 11.5 Å². The molecule has 0 radical (unpaired) electrons. The van der Waals surface area contributed by atoms with Crippen LogP contribution in [0.25, 0.3) is 0 Å². The minimum Gasteiger partial charge on any atom is -0.493 e. The Morgan fingerprint density at radius 2 is 1.77 bits per heavy atom. The molecule has 0 amide bonds. The molecular weight excluding hydrogens is 334 g/mol.